The molecule has 10 heteroatoms. The number of aryl methyl sites for hydroxylation is 3. The lowest BCUT2D eigenvalue weighted by molar-refractivity contribution is -0.140. The van der Waals surface area contributed by atoms with E-state index in [9.17, 15) is 18.0 Å². The lowest BCUT2D eigenvalue weighted by Gasteiger charge is -2.27. The van der Waals surface area contributed by atoms with Crippen molar-refractivity contribution in [3.8, 4) is 0 Å². The van der Waals surface area contributed by atoms with Gasteiger partial charge in [0.1, 0.15) is 4.90 Å². The van der Waals surface area contributed by atoms with Crippen molar-refractivity contribution in [2.45, 2.75) is 58.4 Å². The first-order valence-corrected chi connectivity index (χ1v) is 11.3. The normalized spacial score (nSPS) is 16.9. The molecule has 1 aromatic rings. The second-order valence-electron chi connectivity index (χ2n) is 6.84. The van der Waals surface area contributed by atoms with E-state index in [4.69, 9.17) is 8.92 Å². The van der Waals surface area contributed by atoms with Crippen LogP contribution in [0, 0.1) is 20.8 Å². The molecule has 1 N–H and O–H groups in total. The van der Waals surface area contributed by atoms with E-state index >= 15 is 0 Å². The second kappa shape index (κ2) is 9.19. The van der Waals surface area contributed by atoms with Gasteiger partial charge in [0.25, 0.3) is 10.1 Å². The van der Waals surface area contributed by atoms with E-state index in [0.29, 0.717) is 23.2 Å². The van der Waals surface area contributed by atoms with Crippen molar-refractivity contribution in [1.29, 1.82) is 0 Å². The Morgan fingerprint density at radius 3 is 2.24 bits per heavy atom. The zero-order valence-electron chi connectivity index (χ0n) is 17.4. The van der Waals surface area contributed by atoms with E-state index in [0.717, 1.165) is 22.2 Å². The summed E-state index contributed by atoms with van der Waals surface area (Å²) in [6, 6.07) is 3.56. The molecule has 0 bridgehead atoms. The number of thioether (sulfide) groups is 1. The highest BCUT2D eigenvalue weighted by atomic mass is 32.2. The molecule has 0 aromatic heterocycles. The minimum Gasteiger partial charge on any atom is -0.466 e. The molecule has 1 aliphatic heterocycles. The number of nitrogens with zero attached hydrogens (tertiary/aromatic N) is 1. The Balaban J connectivity index is 2.28. The van der Waals surface area contributed by atoms with E-state index in [2.05, 4.69) is 5.43 Å². The zero-order valence-corrected chi connectivity index (χ0v) is 19.0. The van der Waals surface area contributed by atoms with Gasteiger partial charge in [0, 0.05) is 30.9 Å². The molecule has 1 atom stereocenters. The third-order valence-electron chi connectivity index (χ3n) is 4.19. The molecule has 1 amide bonds. The highest BCUT2D eigenvalue weighted by Gasteiger charge is 2.37. The third kappa shape index (κ3) is 5.74. The molecule has 0 radical (unpaired) electrons. The standard InChI is InChI=1S/C19H26N2O6S2/c1-11-9-12(2)18(13(3)10-11)29(24,25)27-19-21(20-15(5)22)14(4)17(28-19)7-8-26-16(6)23/h9-10,19H,7-8H2,1-6H3,(H,20,22). The maximum Gasteiger partial charge on any atom is 0.302 e. The summed E-state index contributed by atoms with van der Waals surface area (Å²) < 4.78 is 36.5. The molecule has 0 fully saturated rings. The summed E-state index contributed by atoms with van der Waals surface area (Å²) in [4.78, 5) is 23.5. The van der Waals surface area contributed by atoms with Crippen molar-refractivity contribution < 1.29 is 26.9 Å². The van der Waals surface area contributed by atoms with Crippen LogP contribution in [0.1, 0.15) is 43.9 Å². The van der Waals surface area contributed by atoms with E-state index in [1.165, 1.54) is 18.9 Å². The van der Waals surface area contributed by atoms with Gasteiger partial charge in [0.2, 0.25) is 11.5 Å². The smallest absolute Gasteiger partial charge is 0.302 e. The fourth-order valence-electron chi connectivity index (χ4n) is 3.17. The number of rotatable bonds is 7. The van der Waals surface area contributed by atoms with Gasteiger partial charge in [-0.3, -0.25) is 15.0 Å². The van der Waals surface area contributed by atoms with E-state index < -0.39 is 21.6 Å². The van der Waals surface area contributed by atoms with Gasteiger partial charge in [-0.15, -0.1) is 0 Å². The van der Waals surface area contributed by atoms with Gasteiger partial charge in [0.15, 0.2) is 0 Å². The van der Waals surface area contributed by atoms with Gasteiger partial charge in [-0.1, -0.05) is 29.5 Å². The Kier molecular flexibility index (Phi) is 7.36. The van der Waals surface area contributed by atoms with Crippen LogP contribution in [0.3, 0.4) is 0 Å². The summed E-state index contributed by atoms with van der Waals surface area (Å²) in [6.07, 6.45) is 0.384. The lowest BCUT2D eigenvalue weighted by Crippen LogP contribution is -2.44. The maximum absolute atomic E-state index is 13.0. The molecular formula is C19H26N2O6S2. The van der Waals surface area contributed by atoms with Gasteiger partial charge in [-0.25, -0.2) is 9.19 Å². The molecule has 0 saturated carbocycles. The van der Waals surface area contributed by atoms with Crippen LogP contribution in [0.25, 0.3) is 0 Å². The van der Waals surface area contributed by atoms with Crippen LogP contribution in [0.15, 0.2) is 27.6 Å². The summed E-state index contributed by atoms with van der Waals surface area (Å²) in [7, 11) is -4.10. The summed E-state index contributed by atoms with van der Waals surface area (Å²) in [6.45, 7) is 9.87. The van der Waals surface area contributed by atoms with Gasteiger partial charge in [0.05, 0.1) is 6.61 Å². The van der Waals surface area contributed by atoms with Crippen LogP contribution >= 0.6 is 11.8 Å². The van der Waals surface area contributed by atoms with Crippen LogP contribution < -0.4 is 5.43 Å². The molecule has 0 spiro atoms. The van der Waals surface area contributed by atoms with Crippen molar-refractivity contribution in [2.75, 3.05) is 6.61 Å². The number of hydrazine groups is 1. The van der Waals surface area contributed by atoms with E-state index in [1.54, 1.807) is 32.9 Å². The number of amides is 1. The number of hydrogen-bond donors (Lipinski definition) is 1. The summed E-state index contributed by atoms with van der Waals surface area (Å²) in [5.74, 6) is -0.759. The summed E-state index contributed by atoms with van der Waals surface area (Å²) in [5, 5.41) is 1.38. The zero-order chi connectivity index (χ0) is 21.9. The van der Waals surface area contributed by atoms with Crippen LogP contribution in [0.4, 0.5) is 0 Å². The number of carbonyl (C=O) groups is 2. The fourth-order valence-corrected chi connectivity index (χ4v) is 5.97. The van der Waals surface area contributed by atoms with Gasteiger partial charge < -0.3 is 4.74 Å². The number of ether oxygens (including phenoxy) is 1. The Hall–Kier alpha value is -2.04. The van der Waals surface area contributed by atoms with Crippen LogP contribution in [-0.2, 0) is 28.6 Å². The van der Waals surface area contributed by atoms with Crippen LogP contribution in [0.5, 0.6) is 0 Å². The fraction of sp³-hybridized carbons (Fsp3) is 0.474. The Morgan fingerprint density at radius 1 is 1.14 bits per heavy atom. The van der Waals surface area contributed by atoms with E-state index in [1.807, 2.05) is 6.92 Å². The van der Waals surface area contributed by atoms with Crippen LogP contribution in [0.2, 0.25) is 0 Å². The maximum atomic E-state index is 13.0. The average Bonchev–Trinajstić information content (AvgIpc) is 2.81. The Morgan fingerprint density at radius 2 is 1.72 bits per heavy atom. The second-order valence-corrected chi connectivity index (χ2v) is 9.48. The molecule has 2 rings (SSSR count). The molecule has 1 aromatic carbocycles. The Labute approximate surface area is 175 Å². The Bertz CT molecular complexity index is 932. The van der Waals surface area contributed by atoms with Gasteiger partial charge >= 0.3 is 5.97 Å². The molecule has 1 unspecified atom stereocenters. The molecule has 1 heterocycles. The van der Waals surface area contributed by atoms with Crippen molar-refractivity contribution >= 4 is 33.8 Å². The summed E-state index contributed by atoms with van der Waals surface area (Å²) >= 11 is 1.16. The topological polar surface area (TPSA) is 102 Å². The highest BCUT2D eigenvalue weighted by molar-refractivity contribution is 8.04. The largest absolute Gasteiger partial charge is 0.466 e. The molecule has 0 saturated heterocycles. The van der Waals surface area contributed by atoms with Crippen LogP contribution in [-0.4, -0.2) is 37.5 Å². The average molecular weight is 443 g/mol. The van der Waals surface area contributed by atoms with Crippen molar-refractivity contribution in [3.05, 3.63) is 39.4 Å². The number of allylic oxidation sites excluding steroid dienone is 1. The van der Waals surface area contributed by atoms with Crippen molar-refractivity contribution in [2.24, 2.45) is 0 Å². The number of carbonyl (C=O) groups excluding carboxylic acids is 2. The predicted octanol–water partition coefficient (Wildman–Crippen LogP) is 2.89. The lowest BCUT2D eigenvalue weighted by atomic mass is 10.1. The first-order valence-electron chi connectivity index (χ1n) is 8.99. The third-order valence-corrected chi connectivity index (χ3v) is 7.19. The highest BCUT2D eigenvalue weighted by Crippen LogP contribution is 2.41. The molecule has 29 heavy (non-hydrogen) atoms. The molecule has 1 aliphatic rings. The predicted molar refractivity (Wildman–Crippen MR) is 110 cm³/mol. The monoisotopic (exact) mass is 442 g/mol. The molecule has 0 aliphatic carbocycles. The number of nitrogens with one attached hydrogen (secondary N) is 1. The number of esters is 1. The first-order chi connectivity index (χ1) is 13.4. The quantitative estimate of drug-likeness (QED) is 0.508. The number of hydrogen-bond acceptors (Lipinski definition) is 8. The van der Waals surface area contributed by atoms with Crippen molar-refractivity contribution in [3.63, 3.8) is 0 Å². The molecule has 160 valence electrons. The molecular weight excluding hydrogens is 416 g/mol. The van der Waals surface area contributed by atoms with E-state index in [-0.39, 0.29) is 17.4 Å². The first kappa shape index (κ1) is 23.2. The summed E-state index contributed by atoms with van der Waals surface area (Å²) in [5.41, 5.74) is 4.38. The number of benzene rings is 1. The van der Waals surface area contributed by atoms with Gasteiger partial charge in [-0.05, 0) is 38.8 Å². The van der Waals surface area contributed by atoms with Crippen molar-refractivity contribution in [1.82, 2.24) is 10.4 Å². The van der Waals surface area contributed by atoms with Gasteiger partial charge in [-0.2, -0.15) is 8.42 Å². The minimum atomic E-state index is -4.10. The SMILES string of the molecule is CC(=O)NN1C(C)=C(CCOC(C)=O)SC1OS(=O)(=O)c1c(C)cc(C)cc1C. The minimum absolute atomic E-state index is 0.123. The molecule has 8 nitrogen and oxygen atoms in total.